The topological polar surface area (TPSA) is 101 Å². The highest BCUT2D eigenvalue weighted by Crippen LogP contribution is 2.32. The van der Waals surface area contributed by atoms with Crippen molar-refractivity contribution in [2.45, 2.75) is 6.54 Å². The second kappa shape index (κ2) is 10.7. The number of halogens is 1. The van der Waals surface area contributed by atoms with Gasteiger partial charge in [0.2, 0.25) is 5.43 Å². The molecule has 0 unspecified atom stereocenters. The van der Waals surface area contributed by atoms with Crippen LogP contribution in [0, 0.1) is 5.82 Å². The molecular weight excluding hydrogens is 547 g/mol. The molecule has 0 spiro atoms. The van der Waals surface area contributed by atoms with Gasteiger partial charge in [0.25, 0.3) is 5.91 Å². The molecule has 6 heterocycles. The number of pyridine rings is 3. The van der Waals surface area contributed by atoms with Crippen LogP contribution in [0.5, 0.6) is 0 Å². The fourth-order valence-electron chi connectivity index (χ4n) is 5.39. The van der Waals surface area contributed by atoms with Crippen LogP contribution in [0.15, 0.2) is 53.3 Å². The largest absolute Gasteiger partial charge is 0.378 e. The number of morpholine rings is 2. The van der Waals surface area contributed by atoms with E-state index in [-0.39, 0.29) is 23.3 Å². The molecule has 7 rings (SSSR count). The minimum absolute atomic E-state index is 0.0386. The number of hydrogen-bond acceptors (Lipinski definition) is 9. The molecule has 210 valence electrons. The van der Waals surface area contributed by atoms with E-state index >= 15 is 4.39 Å². The molecule has 2 aliphatic rings. The van der Waals surface area contributed by atoms with Crippen molar-refractivity contribution in [3.05, 3.63) is 75.8 Å². The van der Waals surface area contributed by atoms with E-state index in [1.54, 1.807) is 4.40 Å². The summed E-state index contributed by atoms with van der Waals surface area (Å²) in [4.78, 5) is 41.3. The summed E-state index contributed by atoms with van der Waals surface area (Å²) in [6.45, 7) is 4.86. The second-order valence-electron chi connectivity index (χ2n) is 9.95. The number of benzene rings is 1. The van der Waals surface area contributed by atoms with Crippen molar-refractivity contribution < 1.29 is 18.7 Å². The molecule has 0 bridgehead atoms. The predicted molar refractivity (Wildman–Crippen MR) is 156 cm³/mol. The molecule has 4 aromatic heterocycles. The van der Waals surface area contributed by atoms with Crippen molar-refractivity contribution in [1.29, 1.82) is 0 Å². The SMILES string of the molecule is O=C(NCc1cccc(N2CCOCC2)n1)c1c(=O)c2cc(F)c(N3CCOCC3)nc2n2c1sc1ccccc12. The highest BCUT2D eigenvalue weighted by atomic mass is 32.1. The first kappa shape index (κ1) is 25.8. The molecule has 1 aromatic carbocycles. The van der Waals surface area contributed by atoms with E-state index in [1.165, 1.54) is 17.4 Å². The van der Waals surface area contributed by atoms with E-state index in [0.717, 1.165) is 29.1 Å². The van der Waals surface area contributed by atoms with Gasteiger partial charge in [0, 0.05) is 26.2 Å². The molecule has 1 N–H and O–H groups in total. The maximum Gasteiger partial charge on any atom is 0.258 e. The van der Waals surface area contributed by atoms with Crippen molar-refractivity contribution in [1.82, 2.24) is 19.7 Å². The summed E-state index contributed by atoms with van der Waals surface area (Å²) in [7, 11) is 0. The van der Waals surface area contributed by atoms with Crippen molar-refractivity contribution in [3.63, 3.8) is 0 Å². The third-order valence-corrected chi connectivity index (χ3v) is 8.59. The molecule has 5 aromatic rings. The number of fused-ring (bicyclic) bond motifs is 5. The summed E-state index contributed by atoms with van der Waals surface area (Å²) in [6.07, 6.45) is 0. The van der Waals surface area contributed by atoms with Crippen LogP contribution in [0.4, 0.5) is 16.0 Å². The quantitative estimate of drug-likeness (QED) is 0.342. The first-order valence-corrected chi connectivity index (χ1v) is 14.4. The monoisotopic (exact) mass is 574 g/mol. The summed E-state index contributed by atoms with van der Waals surface area (Å²) >= 11 is 1.33. The Morgan fingerprint density at radius 3 is 2.46 bits per heavy atom. The number of anilines is 2. The number of rotatable bonds is 5. The maximum absolute atomic E-state index is 15.4. The minimum atomic E-state index is -0.605. The number of nitrogens with zero attached hydrogens (tertiary/aromatic N) is 5. The third-order valence-electron chi connectivity index (χ3n) is 7.45. The second-order valence-corrected chi connectivity index (χ2v) is 11.0. The Labute approximate surface area is 237 Å². The summed E-state index contributed by atoms with van der Waals surface area (Å²) in [5.41, 5.74) is 1.18. The first-order chi connectivity index (χ1) is 20.1. The van der Waals surface area contributed by atoms with E-state index in [1.807, 2.05) is 47.4 Å². The molecule has 12 heteroatoms. The number of para-hydroxylation sites is 1. The molecular formula is C29H27FN6O4S. The Hall–Kier alpha value is -4.13. The summed E-state index contributed by atoms with van der Waals surface area (Å²) in [5.74, 6) is -0.160. The molecule has 0 radical (unpaired) electrons. The Kier molecular flexibility index (Phi) is 6.73. The molecule has 10 nitrogen and oxygen atoms in total. The van der Waals surface area contributed by atoms with E-state index in [2.05, 4.69) is 15.2 Å². The van der Waals surface area contributed by atoms with Crippen molar-refractivity contribution >= 4 is 55.0 Å². The number of carbonyl (C=O) groups is 1. The number of hydrogen-bond donors (Lipinski definition) is 1. The van der Waals surface area contributed by atoms with Gasteiger partial charge in [0.15, 0.2) is 17.3 Å². The van der Waals surface area contributed by atoms with Gasteiger partial charge in [-0.15, -0.1) is 11.3 Å². The van der Waals surface area contributed by atoms with Crippen molar-refractivity contribution in [2.24, 2.45) is 0 Å². The van der Waals surface area contributed by atoms with Crippen LogP contribution < -0.4 is 20.5 Å². The molecule has 1 amide bonds. The number of amides is 1. The zero-order chi connectivity index (χ0) is 27.9. The first-order valence-electron chi connectivity index (χ1n) is 13.5. The lowest BCUT2D eigenvalue weighted by Gasteiger charge is -2.28. The fourth-order valence-corrected chi connectivity index (χ4v) is 6.57. The normalized spacial score (nSPS) is 16.1. The maximum atomic E-state index is 15.4. The van der Waals surface area contributed by atoms with Gasteiger partial charge < -0.3 is 24.6 Å². The van der Waals surface area contributed by atoms with Gasteiger partial charge in [-0.3, -0.25) is 14.0 Å². The highest BCUT2D eigenvalue weighted by molar-refractivity contribution is 7.24. The number of aromatic nitrogens is 3. The molecule has 2 saturated heterocycles. The Morgan fingerprint density at radius 2 is 1.68 bits per heavy atom. The molecule has 2 fully saturated rings. The minimum Gasteiger partial charge on any atom is -0.378 e. The Bertz CT molecular complexity index is 1840. The van der Waals surface area contributed by atoms with E-state index in [4.69, 9.17) is 14.5 Å². The zero-order valence-corrected chi connectivity index (χ0v) is 23.0. The summed E-state index contributed by atoms with van der Waals surface area (Å²) in [6, 6.07) is 14.5. The Balaban J connectivity index is 1.30. The smallest absolute Gasteiger partial charge is 0.258 e. The lowest BCUT2D eigenvalue weighted by Crippen LogP contribution is -2.37. The van der Waals surface area contributed by atoms with Crippen LogP contribution in [0.2, 0.25) is 0 Å². The van der Waals surface area contributed by atoms with Crippen LogP contribution >= 0.6 is 11.3 Å². The number of thiazole rings is 1. The average molecular weight is 575 g/mol. The van der Waals surface area contributed by atoms with E-state index in [9.17, 15) is 9.59 Å². The molecule has 0 saturated carbocycles. The van der Waals surface area contributed by atoms with Gasteiger partial charge in [0.1, 0.15) is 16.2 Å². The molecule has 0 aliphatic carbocycles. The lowest BCUT2D eigenvalue weighted by atomic mass is 10.1. The van der Waals surface area contributed by atoms with Gasteiger partial charge >= 0.3 is 0 Å². The zero-order valence-electron chi connectivity index (χ0n) is 22.1. The van der Waals surface area contributed by atoms with Crippen molar-refractivity contribution in [3.8, 4) is 0 Å². The van der Waals surface area contributed by atoms with Gasteiger partial charge in [-0.05, 0) is 30.3 Å². The van der Waals surface area contributed by atoms with Gasteiger partial charge in [-0.25, -0.2) is 14.4 Å². The number of nitrogens with one attached hydrogen (secondary N) is 1. The molecule has 0 atom stereocenters. The van der Waals surface area contributed by atoms with Gasteiger partial charge in [-0.2, -0.15) is 0 Å². The van der Waals surface area contributed by atoms with Gasteiger partial charge in [-0.1, -0.05) is 18.2 Å². The summed E-state index contributed by atoms with van der Waals surface area (Å²) < 4.78 is 28.9. The predicted octanol–water partition coefficient (Wildman–Crippen LogP) is 3.20. The van der Waals surface area contributed by atoms with Crippen molar-refractivity contribution in [2.75, 3.05) is 62.4 Å². The Morgan fingerprint density at radius 1 is 0.951 bits per heavy atom. The average Bonchev–Trinajstić information content (AvgIpc) is 3.40. The van der Waals surface area contributed by atoms with Crippen LogP contribution in [-0.4, -0.2) is 72.9 Å². The van der Waals surface area contributed by atoms with Crippen LogP contribution in [-0.2, 0) is 16.0 Å². The standard InChI is InChI=1S/C29H27FN6O4S/c30-20-16-19-25(37)24(28(38)31-17-18-4-3-7-23(32-18)34-8-12-39-13-9-34)29-36(21-5-1-2-6-22(21)41-29)26(19)33-27(20)35-10-14-40-15-11-35/h1-7,16H,8-15,17H2,(H,31,38). The highest BCUT2D eigenvalue weighted by Gasteiger charge is 2.26. The van der Waals surface area contributed by atoms with Crippen LogP contribution in [0.1, 0.15) is 16.1 Å². The van der Waals surface area contributed by atoms with Gasteiger partial charge in [0.05, 0.1) is 54.3 Å². The lowest BCUT2D eigenvalue weighted by molar-refractivity contribution is 0.0951. The van der Waals surface area contributed by atoms with E-state index < -0.39 is 17.2 Å². The number of carbonyl (C=O) groups excluding carboxylic acids is 1. The van der Waals surface area contributed by atoms with Crippen LogP contribution in [0.3, 0.4) is 0 Å². The third kappa shape index (κ3) is 4.67. The number of ether oxygens (including phenoxy) is 2. The van der Waals surface area contributed by atoms with E-state index in [0.29, 0.717) is 55.7 Å². The van der Waals surface area contributed by atoms with Crippen LogP contribution in [0.25, 0.3) is 26.1 Å². The summed E-state index contributed by atoms with van der Waals surface area (Å²) in [5, 5.41) is 2.93. The molecule has 41 heavy (non-hydrogen) atoms. The molecule has 2 aliphatic heterocycles. The fraction of sp³-hybridized carbons (Fsp3) is 0.310.